The molecule has 0 bridgehead atoms. The van der Waals surface area contributed by atoms with E-state index in [0.29, 0.717) is 11.3 Å². The van der Waals surface area contributed by atoms with Crippen LogP contribution in [0.3, 0.4) is 0 Å². The van der Waals surface area contributed by atoms with Crippen LogP contribution in [0.2, 0.25) is 0 Å². The zero-order valence-corrected chi connectivity index (χ0v) is 8.76. The van der Waals surface area contributed by atoms with Gasteiger partial charge in [-0.1, -0.05) is 0 Å². The van der Waals surface area contributed by atoms with E-state index in [2.05, 4.69) is 18.8 Å². The molecule has 2 N–H and O–H groups in total. The molecule has 3 nitrogen and oxygen atoms in total. The Bertz CT molecular complexity index is 248. The van der Waals surface area contributed by atoms with Crippen molar-refractivity contribution in [3.8, 4) is 0 Å². The van der Waals surface area contributed by atoms with Gasteiger partial charge in [0.1, 0.15) is 0 Å². The second-order valence-corrected chi connectivity index (χ2v) is 1.99. The summed E-state index contributed by atoms with van der Waals surface area (Å²) in [7, 11) is 0. The summed E-state index contributed by atoms with van der Waals surface area (Å²) in [5, 5.41) is 8.44. The van der Waals surface area contributed by atoms with E-state index in [1.165, 1.54) is 6.07 Å². The molecule has 0 spiro atoms. The van der Waals surface area contributed by atoms with Gasteiger partial charge >= 0.3 is 5.97 Å². The Labute approximate surface area is 90.1 Å². The molecule has 0 atom stereocenters. The van der Waals surface area contributed by atoms with E-state index in [0.717, 1.165) is 0 Å². The molecule has 1 aromatic heterocycles. The van der Waals surface area contributed by atoms with Crippen molar-refractivity contribution in [2.24, 2.45) is 0 Å². The molecular weight excluding hydrogens is 219 g/mol. The maximum atomic E-state index is 10.3. The van der Waals surface area contributed by atoms with E-state index < -0.39 is 5.97 Å². The van der Waals surface area contributed by atoms with Gasteiger partial charge in [0.25, 0.3) is 0 Å². The molecule has 0 amide bonds. The molecule has 0 aliphatic rings. The summed E-state index contributed by atoms with van der Waals surface area (Å²) in [6.07, 6.45) is 0. The number of carboxylic acids is 1. The van der Waals surface area contributed by atoms with Crippen molar-refractivity contribution >= 4 is 5.97 Å². The van der Waals surface area contributed by atoms with Crippen LogP contribution in [0.4, 0.5) is 0 Å². The van der Waals surface area contributed by atoms with Crippen molar-refractivity contribution in [3.05, 3.63) is 36.9 Å². The van der Waals surface area contributed by atoms with Gasteiger partial charge in [0.05, 0.1) is 0 Å². The average Bonchev–Trinajstić information content (AvgIpc) is 2.13. The number of nitrogens with one attached hydrogen (secondary N) is 1. The maximum absolute atomic E-state index is 10.3. The van der Waals surface area contributed by atoms with Crippen LogP contribution in [0.5, 0.6) is 0 Å². The minimum atomic E-state index is -0.986. The Morgan fingerprint density at radius 1 is 1.55 bits per heavy atom. The van der Waals surface area contributed by atoms with Crippen LogP contribution in [0.15, 0.2) is 6.07 Å². The van der Waals surface area contributed by atoms with E-state index in [9.17, 15) is 4.79 Å². The number of aromatic carboxylic acids is 1. The topological polar surface area (TPSA) is 53.1 Å². The van der Waals surface area contributed by atoms with Crippen LogP contribution in [0, 0.1) is 13.8 Å². The largest absolute Gasteiger partial charge is 0.477 e. The molecule has 11 heavy (non-hydrogen) atoms. The van der Waals surface area contributed by atoms with E-state index in [-0.39, 0.29) is 38.4 Å². The molecule has 1 aromatic rings. The first-order valence-corrected chi connectivity index (χ1v) is 2.71. The monoisotopic (exact) mass is 226 g/mol. The number of hydrogen-bond acceptors (Lipinski definition) is 1. The number of hydrogen-bond donors (Lipinski definition) is 2. The van der Waals surface area contributed by atoms with Gasteiger partial charge in [0, 0.05) is 38.4 Å². The first kappa shape index (κ1) is 10.6. The van der Waals surface area contributed by atoms with Crippen molar-refractivity contribution in [2.45, 2.75) is 0 Å². The Kier molecular flexibility index (Phi) is 3.69. The van der Waals surface area contributed by atoms with Crippen LogP contribution < -0.4 is 0 Å². The van der Waals surface area contributed by atoms with Crippen LogP contribution in [0.25, 0.3) is 0 Å². The molecule has 1 radical (unpaired) electrons. The first-order chi connectivity index (χ1) is 4.61. The fourth-order valence-corrected chi connectivity index (χ4v) is 0.655. The number of carbonyl (C=O) groups is 1. The predicted octanol–water partition coefficient (Wildman–Crippen LogP) is 1.07. The van der Waals surface area contributed by atoms with Gasteiger partial charge < -0.3 is 15.7 Å². The van der Waals surface area contributed by atoms with Crippen molar-refractivity contribution in [1.82, 2.24) is 4.98 Å². The van der Waals surface area contributed by atoms with Crippen molar-refractivity contribution in [3.63, 3.8) is 0 Å². The van der Waals surface area contributed by atoms with E-state index in [1.807, 2.05) is 0 Å². The van der Waals surface area contributed by atoms with Gasteiger partial charge in [0.2, 0.25) is 0 Å². The third-order valence-electron chi connectivity index (χ3n) is 1.22. The number of aromatic nitrogens is 1. The molecule has 0 saturated carbocycles. The zero-order chi connectivity index (χ0) is 7.72. The zero-order valence-electron chi connectivity index (χ0n) is 5.92. The molecule has 0 unspecified atom stereocenters. The van der Waals surface area contributed by atoms with Gasteiger partial charge in [0.15, 0.2) is 0 Å². The maximum Gasteiger partial charge on any atom is 0.336 e. The molecule has 1 rings (SSSR count). The summed E-state index contributed by atoms with van der Waals surface area (Å²) >= 11 is 0. The molecule has 0 fully saturated rings. The summed E-state index contributed by atoms with van der Waals surface area (Å²) < 4.78 is 0. The normalized spacial score (nSPS) is 8.73. The van der Waals surface area contributed by atoms with Crippen LogP contribution in [0.1, 0.15) is 21.7 Å². The van der Waals surface area contributed by atoms with Crippen LogP contribution >= 0.6 is 0 Å². The molecule has 0 aromatic carbocycles. The molecule has 57 valence electrons. The van der Waals surface area contributed by atoms with E-state index in [1.54, 1.807) is 0 Å². The summed E-state index contributed by atoms with van der Waals surface area (Å²) in [6, 6.07) is 1.45. The smallest absolute Gasteiger partial charge is 0.336 e. The minimum absolute atomic E-state index is 0. The molecule has 0 aliphatic heterocycles. The third kappa shape index (κ3) is 2.28. The van der Waals surface area contributed by atoms with E-state index in [4.69, 9.17) is 5.11 Å². The molecule has 1 heterocycles. The average molecular weight is 226 g/mol. The van der Waals surface area contributed by atoms with Crippen LogP contribution in [-0.2, 0) is 32.7 Å². The molecule has 0 aliphatic carbocycles. The summed E-state index contributed by atoms with van der Waals surface area (Å²) in [5.74, 6) is -0.986. The van der Waals surface area contributed by atoms with Gasteiger partial charge in [-0.15, -0.1) is 0 Å². The fraction of sp³-hybridized carbons (Fsp3) is 0. The minimum Gasteiger partial charge on any atom is -0.477 e. The van der Waals surface area contributed by atoms with Gasteiger partial charge in [-0.3, -0.25) is 13.8 Å². The Hall–Kier alpha value is -0.406. The second-order valence-electron chi connectivity index (χ2n) is 1.99. The first-order valence-electron chi connectivity index (χ1n) is 2.71. The van der Waals surface area contributed by atoms with Gasteiger partial charge in [-0.25, -0.2) is 16.6 Å². The summed E-state index contributed by atoms with van der Waals surface area (Å²) in [5.41, 5.74) is 1.31. The van der Waals surface area contributed by atoms with Gasteiger partial charge in [-0.05, 0) is 0 Å². The predicted molar refractivity (Wildman–Crippen MR) is 36.7 cm³/mol. The number of aromatic amines is 1. The Balaban J connectivity index is 0.000001000. The molecule has 0 saturated heterocycles. The fourth-order valence-electron chi connectivity index (χ4n) is 0.655. The Morgan fingerprint density at radius 2 is 2.09 bits per heavy atom. The SMILES string of the molecule is [CH2-]c1cc(C(=O)O)[nH]c1[CH2-].[Y]. The summed E-state index contributed by atoms with van der Waals surface area (Å²) in [6.45, 7) is 7.11. The number of rotatable bonds is 1. The molecule has 4 heteroatoms. The van der Waals surface area contributed by atoms with Crippen molar-refractivity contribution in [1.29, 1.82) is 0 Å². The summed E-state index contributed by atoms with van der Waals surface area (Å²) in [4.78, 5) is 12.9. The van der Waals surface area contributed by atoms with Crippen LogP contribution in [-0.4, -0.2) is 16.1 Å². The second kappa shape index (κ2) is 3.83. The van der Waals surface area contributed by atoms with E-state index >= 15 is 0 Å². The quantitative estimate of drug-likeness (QED) is 0.704. The van der Waals surface area contributed by atoms with Gasteiger partial charge in [-0.2, -0.15) is 0 Å². The number of H-pyrrole nitrogens is 1. The van der Waals surface area contributed by atoms with Crippen molar-refractivity contribution in [2.75, 3.05) is 0 Å². The Morgan fingerprint density at radius 3 is 2.27 bits per heavy atom. The third-order valence-corrected chi connectivity index (χ3v) is 1.22. The van der Waals surface area contributed by atoms with Crippen molar-refractivity contribution < 1.29 is 42.6 Å². The number of carboxylic acid groups (broad SMARTS) is 1. The standard InChI is InChI=1S/C7H7NO2.Y/c1-4-3-6(7(9)10)8-5(4)2;/h3,8H,1-2H2,(H,9,10);/q-2;. The molecular formula is C7H7NO2Y-2.